The van der Waals surface area contributed by atoms with Gasteiger partial charge in [0, 0.05) is 11.3 Å². The first kappa shape index (κ1) is 15.7. The van der Waals surface area contributed by atoms with Gasteiger partial charge >= 0.3 is 0 Å². The second kappa shape index (κ2) is 7.39. The van der Waals surface area contributed by atoms with Gasteiger partial charge in [0.2, 0.25) is 5.16 Å². The molecule has 0 aliphatic rings. The molecule has 2 aromatic carbocycles. The molecule has 0 N–H and O–H groups in total. The maximum Gasteiger partial charge on any atom is 0.212 e. The molecule has 116 valence electrons. The van der Waals surface area contributed by atoms with E-state index in [0.29, 0.717) is 10.2 Å². The van der Waals surface area contributed by atoms with Gasteiger partial charge in [0.05, 0.1) is 11.2 Å². The van der Waals surface area contributed by atoms with Crippen LogP contribution in [-0.2, 0) is 5.75 Å². The molecule has 1 aromatic heterocycles. The van der Waals surface area contributed by atoms with Gasteiger partial charge < -0.3 is 0 Å². The maximum absolute atomic E-state index is 13.7. The number of nitrogens with zero attached hydrogens (tertiary/aromatic N) is 4. The quantitative estimate of drug-likeness (QED) is 0.512. The molecule has 4 nitrogen and oxygen atoms in total. The minimum atomic E-state index is -0.423. The van der Waals surface area contributed by atoms with Crippen molar-refractivity contribution in [1.29, 1.82) is 0 Å². The predicted molar refractivity (Wildman–Crippen MR) is 90.4 cm³/mol. The fourth-order valence-corrected chi connectivity index (χ4v) is 2.90. The van der Waals surface area contributed by atoms with E-state index in [2.05, 4.69) is 15.3 Å². The van der Waals surface area contributed by atoms with Gasteiger partial charge in [-0.2, -0.15) is 9.78 Å². The molecular formula is C16H12ClFN4S. The normalized spacial score (nSPS) is 11.2. The molecule has 3 rings (SSSR count). The highest BCUT2D eigenvalue weighted by atomic mass is 35.5. The number of aromatic nitrogens is 3. The van der Waals surface area contributed by atoms with Crippen molar-refractivity contribution in [2.45, 2.75) is 10.9 Å². The Morgan fingerprint density at radius 1 is 1.17 bits per heavy atom. The van der Waals surface area contributed by atoms with Gasteiger partial charge in [0.15, 0.2) is 0 Å². The smallest absolute Gasteiger partial charge is 0.206 e. The third kappa shape index (κ3) is 3.97. The Bertz CT molecular complexity index is 800. The van der Waals surface area contributed by atoms with Crippen LogP contribution in [0.4, 0.5) is 4.39 Å². The van der Waals surface area contributed by atoms with Crippen LogP contribution in [0.2, 0.25) is 5.02 Å². The van der Waals surface area contributed by atoms with Gasteiger partial charge in [0.1, 0.15) is 12.1 Å². The molecule has 0 saturated heterocycles. The molecule has 0 atom stereocenters. The molecule has 0 aliphatic carbocycles. The fourth-order valence-electron chi connectivity index (χ4n) is 1.87. The van der Waals surface area contributed by atoms with E-state index in [1.54, 1.807) is 12.1 Å². The van der Waals surface area contributed by atoms with E-state index in [1.165, 1.54) is 40.6 Å². The van der Waals surface area contributed by atoms with Crippen molar-refractivity contribution >= 4 is 29.6 Å². The zero-order valence-corrected chi connectivity index (χ0v) is 13.5. The first-order valence-corrected chi connectivity index (χ1v) is 8.15. The average Bonchev–Trinajstić information content (AvgIpc) is 3.01. The molecule has 1 heterocycles. The van der Waals surface area contributed by atoms with Gasteiger partial charge in [-0.3, -0.25) is 0 Å². The SMILES string of the molecule is Fc1cccc(Cl)c1/C=N/n1cnnc1SCc1ccccc1. The topological polar surface area (TPSA) is 43.1 Å². The summed E-state index contributed by atoms with van der Waals surface area (Å²) >= 11 is 7.47. The molecule has 0 unspecified atom stereocenters. The monoisotopic (exact) mass is 346 g/mol. The molecule has 3 aromatic rings. The van der Waals surface area contributed by atoms with E-state index in [0.717, 1.165) is 5.75 Å². The number of hydrogen-bond acceptors (Lipinski definition) is 4. The van der Waals surface area contributed by atoms with E-state index in [9.17, 15) is 4.39 Å². The molecule has 0 fully saturated rings. The van der Waals surface area contributed by atoms with Crippen molar-refractivity contribution in [3.8, 4) is 0 Å². The van der Waals surface area contributed by atoms with Crippen molar-refractivity contribution in [2.75, 3.05) is 0 Å². The summed E-state index contributed by atoms with van der Waals surface area (Å²) in [5.74, 6) is 0.322. The minimum absolute atomic E-state index is 0.238. The molecule has 0 amide bonds. The van der Waals surface area contributed by atoms with Gasteiger partial charge in [-0.25, -0.2) is 4.39 Å². The van der Waals surface area contributed by atoms with Crippen LogP contribution in [0.5, 0.6) is 0 Å². The fraction of sp³-hybridized carbons (Fsp3) is 0.0625. The standard InChI is InChI=1S/C16H12ClFN4S/c17-14-7-4-8-15(18)13(14)9-20-22-11-19-21-16(22)23-10-12-5-2-1-3-6-12/h1-9,11H,10H2/b20-9+. The summed E-state index contributed by atoms with van der Waals surface area (Å²) in [6, 6.07) is 14.5. The molecule has 0 spiro atoms. The third-order valence-corrected chi connectivity index (χ3v) is 4.36. The summed E-state index contributed by atoms with van der Waals surface area (Å²) < 4.78 is 15.2. The lowest BCUT2D eigenvalue weighted by Gasteiger charge is -2.02. The number of halogens is 2. The summed E-state index contributed by atoms with van der Waals surface area (Å²) in [7, 11) is 0. The van der Waals surface area contributed by atoms with Crippen LogP contribution < -0.4 is 0 Å². The molecule has 23 heavy (non-hydrogen) atoms. The molecule has 0 radical (unpaired) electrons. The second-order valence-electron chi connectivity index (χ2n) is 4.61. The van der Waals surface area contributed by atoms with E-state index in [1.807, 2.05) is 30.3 Å². The molecule has 7 heteroatoms. The number of rotatable bonds is 5. The average molecular weight is 347 g/mol. The van der Waals surface area contributed by atoms with Crippen molar-refractivity contribution in [2.24, 2.45) is 5.10 Å². The Hall–Kier alpha value is -2.18. The van der Waals surface area contributed by atoms with E-state index < -0.39 is 5.82 Å². The van der Waals surface area contributed by atoms with Crippen LogP contribution in [0.3, 0.4) is 0 Å². The Balaban J connectivity index is 1.75. The summed E-state index contributed by atoms with van der Waals surface area (Å²) in [5.41, 5.74) is 1.41. The van der Waals surface area contributed by atoms with Crippen molar-refractivity contribution in [3.05, 3.63) is 76.8 Å². The third-order valence-electron chi connectivity index (χ3n) is 3.02. The predicted octanol–water partition coefficient (Wildman–Crippen LogP) is 4.25. The molecule has 0 bridgehead atoms. The van der Waals surface area contributed by atoms with Crippen LogP contribution in [0.25, 0.3) is 0 Å². The summed E-state index contributed by atoms with van der Waals surface area (Å²) in [6.07, 6.45) is 2.84. The number of hydrogen-bond donors (Lipinski definition) is 0. The second-order valence-corrected chi connectivity index (χ2v) is 5.96. The van der Waals surface area contributed by atoms with Crippen molar-refractivity contribution in [1.82, 2.24) is 14.9 Å². The lowest BCUT2D eigenvalue weighted by Crippen LogP contribution is -1.95. The van der Waals surface area contributed by atoms with Crippen LogP contribution in [0.1, 0.15) is 11.1 Å². The van der Waals surface area contributed by atoms with Crippen LogP contribution in [0.15, 0.2) is 65.1 Å². The largest absolute Gasteiger partial charge is 0.212 e. The Labute approximate surface area is 142 Å². The number of benzene rings is 2. The number of thioether (sulfide) groups is 1. The van der Waals surface area contributed by atoms with Crippen molar-refractivity contribution < 1.29 is 4.39 Å². The molecule has 0 saturated carbocycles. The lowest BCUT2D eigenvalue weighted by atomic mass is 10.2. The first-order valence-electron chi connectivity index (χ1n) is 6.79. The van der Waals surface area contributed by atoms with Gasteiger partial charge in [-0.1, -0.05) is 59.8 Å². The van der Waals surface area contributed by atoms with E-state index in [-0.39, 0.29) is 5.56 Å². The van der Waals surface area contributed by atoms with Gasteiger partial charge in [-0.05, 0) is 17.7 Å². The van der Waals surface area contributed by atoms with Crippen LogP contribution >= 0.6 is 23.4 Å². The first-order chi connectivity index (χ1) is 11.2. The Morgan fingerprint density at radius 3 is 2.78 bits per heavy atom. The van der Waals surface area contributed by atoms with E-state index in [4.69, 9.17) is 11.6 Å². The highest BCUT2D eigenvalue weighted by molar-refractivity contribution is 7.98. The Morgan fingerprint density at radius 2 is 2.00 bits per heavy atom. The summed E-state index contributed by atoms with van der Waals surface area (Å²) in [5, 5.41) is 13.0. The summed E-state index contributed by atoms with van der Waals surface area (Å²) in [6.45, 7) is 0. The summed E-state index contributed by atoms with van der Waals surface area (Å²) in [4.78, 5) is 0. The van der Waals surface area contributed by atoms with Crippen LogP contribution in [-0.4, -0.2) is 21.1 Å². The van der Waals surface area contributed by atoms with E-state index >= 15 is 0 Å². The zero-order chi connectivity index (χ0) is 16.1. The highest BCUT2D eigenvalue weighted by Crippen LogP contribution is 2.21. The minimum Gasteiger partial charge on any atom is -0.206 e. The van der Waals surface area contributed by atoms with Crippen molar-refractivity contribution in [3.63, 3.8) is 0 Å². The molecule has 0 aliphatic heterocycles. The Kier molecular flexibility index (Phi) is 5.05. The van der Waals surface area contributed by atoms with Crippen LogP contribution in [0, 0.1) is 5.82 Å². The maximum atomic E-state index is 13.7. The zero-order valence-electron chi connectivity index (χ0n) is 11.9. The van der Waals surface area contributed by atoms with Gasteiger partial charge in [-0.15, -0.1) is 10.2 Å². The van der Waals surface area contributed by atoms with Gasteiger partial charge in [0.25, 0.3) is 0 Å². The highest BCUT2D eigenvalue weighted by Gasteiger charge is 2.07. The molecular weight excluding hydrogens is 335 g/mol. The lowest BCUT2D eigenvalue weighted by molar-refractivity contribution is 0.625.